The molecular weight excluding hydrogens is 184 g/mol. The van der Waals surface area contributed by atoms with Crippen LogP contribution < -0.4 is 0 Å². The maximum atomic E-state index is 10.7. The number of aliphatic carboxylic acids is 1. The third kappa shape index (κ3) is 3.77. The summed E-state index contributed by atoms with van der Waals surface area (Å²) in [5.74, 6) is -1.31. The van der Waals surface area contributed by atoms with Crippen molar-refractivity contribution in [2.45, 2.75) is 6.92 Å². The smallest absolute Gasteiger partial charge is 0.332 e. The topological polar surface area (TPSA) is 80.7 Å². The summed E-state index contributed by atoms with van der Waals surface area (Å²) in [7, 11) is -3.94. The Kier molecular flexibility index (Phi) is 3.49. The highest BCUT2D eigenvalue weighted by Gasteiger charge is 2.09. The maximum absolute atomic E-state index is 10.7. The van der Waals surface area contributed by atoms with E-state index in [1.54, 1.807) is 0 Å². The fourth-order valence-corrected chi connectivity index (χ4v) is 1.17. The monoisotopic (exact) mass is 192 g/mol. The van der Waals surface area contributed by atoms with Crippen LogP contribution in [0.1, 0.15) is 6.92 Å². The Balaban J connectivity index is 4.74. The van der Waals surface area contributed by atoms with Crippen molar-refractivity contribution in [3.8, 4) is 0 Å². The molecule has 5 nitrogen and oxygen atoms in total. The van der Waals surface area contributed by atoms with E-state index >= 15 is 0 Å². The van der Waals surface area contributed by atoms with Gasteiger partial charge in [0.15, 0.2) is 0 Å². The second-order valence-electron chi connectivity index (χ2n) is 1.86. The van der Waals surface area contributed by atoms with Gasteiger partial charge in [-0.3, -0.25) is 0 Å². The first kappa shape index (κ1) is 10.7. The molecule has 0 saturated heterocycles. The zero-order chi connectivity index (χ0) is 9.78. The normalized spacial score (nSPS) is 12.2. The molecule has 0 aromatic carbocycles. The van der Waals surface area contributed by atoms with Gasteiger partial charge in [0.05, 0.1) is 11.7 Å². The number of carboxylic acid groups (broad SMARTS) is 1. The highest BCUT2D eigenvalue weighted by Crippen LogP contribution is 2.01. The highest BCUT2D eigenvalue weighted by molar-refractivity contribution is 7.89. The van der Waals surface area contributed by atoms with Crippen LogP contribution in [0.25, 0.3) is 0 Å². The van der Waals surface area contributed by atoms with Gasteiger partial charge in [0.2, 0.25) is 0 Å². The van der Waals surface area contributed by atoms with Crippen LogP contribution in [0.3, 0.4) is 0 Å². The molecule has 0 fully saturated rings. The molecular formula is C6H8O5S. The Morgan fingerprint density at radius 2 is 2.08 bits per heavy atom. The van der Waals surface area contributed by atoms with E-state index in [2.05, 4.69) is 10.8 Å². The standard InChI is InChI=1S/C6H8O5S/c1-3-11-12(9,10)4-5(2)6(7)8/h3-4H,1H2,2H3,(H,7,8). The summed E-state index contributed by atoms with van der Waals surface area (Å²) in [4.78, 5) is 10.2. The Labute approximate surface area is 70.1 Å². The summed E-state index contributed by atoms with van der Waals surface area (Å²) < 4.78 is 25.5. The third-order valence-corrected chi connectivity index (χ3v) is 1.91. The molecule has 0 aromatic rings. The molecule has 0 aromatic heterocycles. The lowest BCUT2D eigenvalue weighted by atomic mass is 10.4. The number of hydrogen-bond acceptors (Lipinski definition) is 4. The Morgan fingerprint density at radius 3 is 2.42 bits per heavy atom. The Bertz CT molecular complexity index is 311. The molecule has 0 heterocycles. The minimum atomic E-state index is -3.94. The van der Waals surface area contributed by atoms with Crippen molar-refractivity contribution in [1.29, 1.82) is 0 Å². The van der Waals surface area contributed by atoms with Crippen LogP contribution >= 0.6 is 0 Å². The summed E-state index contributed by atoms with van der Waals surface area (Å²) in [6, 6.07) is 0. The first-order valence-corrected chi connectivity index (χ1v) is 4.32. The maximum Gasteiger partial charge on any atom is 0.332 e. The predicted molar refractivity (Wildman–Crippen MR) is 41.6 cm³/mol. The second kappa shape index (κ2) is 3.91. The summed E-state index contributed by atoms with van der Waals surface area (Å²) in [5.41, 5.74) is -0.322. The summed E-state index contributed by atoms with van der Waals surface area (Å²) in [5, 5.41) is 8.81. The zero-order valence-corrected chi connectivity index (χ0v) is 7.17. The second-order valence-corrected chi connectivity index (χ2v) is 3.28. The van der Waals surface area contributed by atoms with Crippen molar-refractivity contribution >= 4 is 16.1 Å². The van der Waals surface area contributed by atoms with E-state index in [4.69, 9.17) is 5.11 Å². The van der Waals surface area contributed by atoms with E-state index in [0.29, 0.717) is 11.7 Å². The van der Waals surface area contributed by atoms with Gasteiger partial charge < -0.3 is 9.29 Å². The zero-order valence-electron chi connectivity index (χ0n) is 6.35. The van der Waals surface area contributed by atoms with Crippen LogP contribution in [0.5, 0.6) is 0 Å². The van der Waals surface area contributed by atoms with E-state index in [-0.39, 0.29) is 5.57 Å². The molecule has 0 saturated carbocycles. The SMILES string of the molecule is C=COS(=O)(=O)C=C(C)C(=O)O. The molecule has 0 aliphatic heterocycles. The molecule has 0 radical (unpaired) electrons. The highest BCUT2D eigenvalue weighted by atomic mass is 32.2. The number of hydrogen-bond donors (Lipinski definition) is 1. The van der Waals surface area contributed by atoms with Gasteiger partial charge in [-0.15, -0.1) is 0 Å². The van der Waals surface area contributed by atoms with Gasteiger partial charge in [-0.2, -0.15) is 8.42 Å². The minimum absolute atomic E-state index is 0.322. The lowest BCUT2D eigenvalue weighted by Crippen LogP contribution is -2.02. The van der Waals surface area contributed by atoms with Crippen molar-refractivity contribution in [2.75, 3.05) is 0 Å². The van der Waals surface area contributed by atoms with Crippen molar-refractivity contribution in [2.24, 2.45) is 0 Å². The van der Waals surface area contributed by atoms with Gasteiger partial charge in [0, 0.05) is 5.57 Å². The lowest BCUT2D eigenvalue weighted by Gasteiger charge is -1.96. The largest absolute Gasteiger partial charge is 0.478 e. The molecule has 6 heteroatoms. The first-order valence-electron chi connectivity index (χ1n) is 2.85. The third-order valence-electron chi connectivity index (χ3n) is 0.861. The number of carbonyl (C=O) groups is 1. The van der Waals surface area contributed by atoms with Crippen molar-refractivity contribution < 1.29 is 22.5 Å². The van der Waals surface area contributed by atoms with E-state index in [9.17, 15) is 13.2 Å². The first-order chi connectivity index (χ1) is 5.39. The average Bonchev–Trinajstić information content (AvgIpc) is 1.85. The summed E-state index contributed by atoms with van der Waals surface area (Å²) in [6.07, 6.45) is 0.709. The molecule has 0 aliphatic carbocycles. The molecule has 12 heavy (non-hydrogen) atoms. The molecule has 0 rings (SSSR count). The van der Waals surface area contributed by atoms with Gasteiger partial charge in [-0.05, 0) is 6.92 Å². The van der Waals surface area contributed by atoms with Crippen LogP contribution in [-0.2, 0) is 19.1 Å². The fourth-order valence-electron chi connectivity index (χ4n) is 0.390. The van der Waals surface area contributed by atoms with Crippen LogP contribution in [0.15, 0.2) is 23.8 Å². The van der Waals surface area contributed by atoms with Gasteiger partial charge in [0.25, 0.3) is 0 Å². The van der Waals surface area contributed by atoms with Gasteiger partial charge in [0.1, 0.15) is 0 Å². The van der Waals surface area contributed by atoms with Crippen LogP contribution in [0, 0.1) is 0 Å². The average molecular weight is 192 g/mol. The Hall–Kier alpha value is -1.30. The lowest BCUT2D eigenvalue weighted by molar-refractivity contribution is -0.132. The van der Waals surface area contributed by atoms with Crippen LogP contribution in [0.4, 0.5) is 0 Å². The van der Waals surface area contributed by atoms with Crippen molar-refractivity contribution in [3.63, 3.8) is 0 Å². The predicted octanol–water partition coefficient (Wildman–Crippen LogP) is 0.465. The van der Waals surface area contributed by atoms with Crippen molar-refractivity contribution in [1.82, 2.24) is 0 Å². The molecule has 0 unspecified atom stereocenters. The quantitative estimate of drug-likeness (QED) is 0.397. The molecule has 0 aliphatic rings. The van der Waals surface area contributed by atoms with Gasteiger partial charge in [-0.1, -0.05) is 6.58 Å². The van der Waals surface area contributed by atoms with Crippen LogP contribution in [-0.4, -0.2) is 19.5 Å². The Morgan fingerprint density at radius 1 is 1.58 bits per heavy atom. The van der Waals surface area contributed by atoms with E-state index < -0.39 is 16.1 Å². The van der Waals surface area contributed by atoms with E-state index in [0.717, 1.165) is 6.92 Å². The van der Waals surface area contributed by atoms with E-state index in [1.807, 2.05) is 0 Å². The number of rotatable bonds is 4. The van der Waals surface area contributed by atoms with Crippen LogP contribution in [0.2, 0.25) is 0 Å². The summed E-state index contributed by atoms with van der Waals surface area (Å²) >= 11 is 0. The minimum Gasteiger partial charge on any atom is -0.478 e. The van der Waals surface area contributed by atoms with Gasteiger partial charge >= 0.3 is 16.1 Å². The fraction of sp³-hybridized carbons (Fsp3) is 0.167. The van der Waals surface area contributed by atoms with Gasteiger partial charge in [-0.25, -0.2) is 4.79 Å². The molecule has 0 spiro atoms. The molecule has 0 atom stereocenters. The molecule has 0 amide bonds. The molecule has 1 N–H and O–H groups in total. The molecule has 0 bridgehead atoms. The van der Waals surface area contributed by atoms with E-state index in [1.165, 1.54) is 0 Å². The number of carboxylic acids is 1. The molecule has 68 valence electrons. The van der Waals surface area contributed by atoms with Crippen molar-refractivity contribution in [3.05, 3.63) is 23.8 Å². The summed E-state index contributed by atoms with van der Waals surface area (Å²) in [6.45, 7) is 4.17.